The molecular weight excluding hydrogens is 240 g/mol. The predicted octanol–water partition coefficient (Wildman–Crippen LogP) is 2.71. The first kappa shape index (κ1) is 13.2. The standard InChI is InChI=1S/C15H18N2O2/c1-8-5-11(6-9(2)14(8)19-4)13-7-12(15(16)18)10(3)17-13/h5-7,17H,1-4H3,(H2,16,18). The van der Waals surface area contributed by atoms with Crippen molar-refractivity contribution in [3.63, 3.8) is 0 Å². The molecule has 4 heteroatoms. The molecule has 0 aliphatic heterocycles. The van der Waals surface area contributed by atoms with Crippen LogP contribution in [0.2, 0.25) is 0 Å². The molecule has 0 aliphatic rings. The van der Waals surface area contributed by atoms with E-state index in [1.54, 1.807) is 13.2 Å². The number of amides is 1. The highest BCUT2D eigenvalue weighted by molar-refractivity contribution is 5.95. The number of primary amides is 1. The fourth-order valence-electron chi connectivity index (χ4n) is 2.40. The van der Waals surface area contributed by atoms with Crippen molar-refractivity contribution in [1.82, 2.24) is 4.98 Å². The van der Waals surface area contributed by atoms with Crippen LogP contribution < -0.4 is 10.5 Å². The molecule has 0 fully saturated rings. The van der Waals surface area contributed by atoms with Crippen LogP contribution >= 0.6 is 0 Å². The van der Waals surface area contributed by atoms with Crippen LogP contribution in [-0.2, 0) is 0 Å². The van der Waals surface area contributed by atoms with E-state index in [0.717, 1.165) is 33.8 Å². The second kappa shape index (κ2) is 4.80. The van der Waals surface area contributed by atoms with Gasteiger partial charge in [-0.25, -0.2) is 0 Å². The lowest BCUT2D eigenvalue weighted by atomic mass is 10.0. The van der Waals surface area contributed by atoms with Gasteiger partial charge in [-0.3, -0.25) is 4.79 Å². The van der Waals surface area contributed by atoms with E-state index in [2.05, 4.69) is 4.98 Å². The third kappa shape index (κ3) is 2.34. The van der Waals surface area contributed by atoms with Crippen molar-refractivity contribution >= 4 is 5.91 Å². The molecule has 2 aromatic rings. The van der Waals surface area contributed by atoms with E-state index in [1.807, 2.05) is 32.9 Å². The van der Waals surface area contributed by atoms with Crippen LogP contribution in [0.25, 0.3) is 11.3 Å². The second-order valence-electron chi connectivity index (χ2n) is 4.73. The third-order valence-electron chi connectivity index (χ3n) is 3.26. The van der Waals surface area contributed by atoms with Crippen LogP contribution in [0.4, 0.5) is 0 Å². The number of aromatic nitrogens is 1. The number of carbonyl (C=O) groups excluding carboxylic acids is 1. The summed E-state index contributed by atoms with van der Waals surface area (Å²) in [5.41, 5.74) is 10.7. The fraction of sp³-hybridized carbons (Fsp3) is 0.267. The maximum Gasteiger partial charge on any atom is 0.250 e. The van der Waals surface area contributed by atoms with Gasteiger partial charge in [-0.15, -0.1) is 0 Å². The van der Waals surface area contributed by atoms with Crippen LogP contribution in [-0.4, -0.2) is 18.0 Å². The lowest BCUT2D eigenvalue weighted by Crippen LogP contribution is -2.10. The van der Waals surface area contributed by atoms with E-state index >= 15 is 0 Å². The lowest BCUT2D eigenvalue weighted by Gasteiger charge is -2.10. The number of carbonyl (C=O) groups is 1. The Morgan fingerprint density at radius 1 is 1.16 bits per heavy atom. The molecule has 0 bridgehead atoms. The van der Waals surface area contributed by atoms with Gasteiger partial charge in [0, 0.05) is 11.4 Å². The molecule has 100 valence electrons. The molecule has 19 heavy (non-hydrogen) atoms. The van der Waals surface area contributed by atoms with Gasteiger partial charge in [0.1, 0.15) is 5.75 Å². The van der Waals surface area contributed by atoms with Crippen LogP contribution in [0.5, 0.6) is 5.75 Å². The molecule has 0 unspecified atom stereocenters. The molecular formula is C15H18N2O2. The molecule has 0 radical (unpaired) electrons. The number of ether oxygens (including phenoxy) is 1. The maximum absolute atomic E-state index is 11.3. The summed E-state index contributed by atoms with van der Waals surface area (Å²) in [6.45, 7) is 5.84. The van der Waals surface area contributed by atoms with Crippen LogP contribution in [0.1, 0.15) is 27.2 Å². The van der Waals surface area contributed by atoms with E-state index in [9.17, 15) is 4.79 Å². The zero-order chi connectivity index (χ0) is 14.2. The minimum absolute atomic E-state index is 0.415. The average Bonchev–Trinajstić information content (AvgIpc) is 2.71. The summed E-state index contributed by atoms with van der Waals surface area (Å²) in [6.07, 6.45) is 0. The quantitative estimate of drug-likeness (QED) is 0.888. The molecule has 0 spiro atoms. The molecule has 2 rings (SSSR count). The Morgan fingerprint density at radius 2 is 1.74 bits per heavy atom. The van der Waals surface area contributed by atoms with Crippen molar-refractivity contribution in [2.75, 3.05) is 7.11 Å². The smallest absolute Gasteiger partial charge is 0.250 e. The molecule has 0 saturated heterocycles. The van der Waals surface area contributed by atoms with Gasteiger partial charge in [-0.2, -0.15) is 0 Å². The largest absolute Gasteiger partial charge is 0.496 e. The van der Waals surface area contributed by atoms with Crippen molar-refractivity contribution in [2.24, 2.45) is 5.73 Å². The predicted molar refractivity (Wildman–Crippen MR) is 75.5 cm³/mol. The minimum Gasteiger partial charge on any atom is -0.496 e. The summed E-state index contributed by atoms with van der Waals surface area (Å²) in [4.78, 5) is 14.5. The Labute approximate surface area is 112 Å². The number of methoxy groups -OCH3 is 1. The number of aromatic amines is 1. The second-order valence-corrected chi connectivity index (χ2v) is 4.73. The number of hydrogen-bond donors (Lipinski definition) is 2. The first-order valence-corrected chi connectivity index (χ1v) is 6.09. The van der Waals surface area contributed by atoms with E-state index in [-0.39, 0.29) is 0 Å². The summed E-state index contributed by atoms with van der Waals surface area (Å²) in [5.74, 6) is 0.476. The van der Waals surface area contributed by atoms with E-state index < -0.39 is 5.91 Å². The van der Waals surface area contributed by atoms with Crippen LogP contribution in [0.3, 0.4) is 0 Å². The molecule has 1 amide bonds. The highest BCUT2D eigenvalue weighted by atomic mass is 16.5. The normalized spacial score (nSPS) is 10.5. The lowest BCUT2D eigenvalue weighted by molar-refractivity contribution is 0.1000. The van der Waals surface area contributed by atoms with E-state index in [4.69, 9.17) is 10.5 Å². The van der Waals surface area contributed by atoms with Crippen molar-refractivity contribution in [3.8, 4) is 17.0 Å². The molecule has 1 heterocycles. The Morgan fingerprint density at radius 3 is 2.16 bits per heavy atom. The topological polar surface area (TPSA) is 68.1 Å². The first-order valence-electron chi connectivity index (χ1n) is 6.09. The Bertz CT molecular complexity index is 619. The van der Waals surface area contributed by atoms with Gasteiger partial charge >= 0.3 is 0 Å². The van der Waals surface area contributed by atoms with E-state index in [0.29, 0.717) is 5.56 Å². The first-order chi connectivity index (χ1) is 8.93. The van der Waals surface area contributed by atoms with Gasteiger partial charge in [0.25, 0.3) is 5.91 Å². The van der Waals surface area contributed by atoms with Gasteiger partial charge in [0.2, 0.25) is 0 Å². The van der Waals surface area contributed by atoms with Gasteiger partial charge in [0.15, 0.2) is 0 Å². The number of nitrogens with two attached hydrogens (primary N) is 1. The zero-order valence-electron chi connectivity index (χ0n) is 11.6. The van der Waals surface area contributed by atoms with Gasteiger partial charge in [-0.05, 0) is 55.7 Å². The summed E-state index contributed by atoms with van der Waals surface area (Å²) in [5, 5.41) is 0. The highest BCUT2D eigenvalue weighted by Crippen LogP contribution is 2.30. The average molecular weight is 258 g/mol. The number of rotatable bonds is 3. The Hall–Kier alpha value is -2.23. The minimum atomic E-state index is -0.415. The summed E-state index contributed by atoms with van der Waals surface area (Å²) in [6, 6.07) is 5.85. The van der Waals surface area contributed by atoms with Gasteiger partial charge < -0.3 is 15.5 Å². The molecule has 0 atom stereocenters. The molecule has 1 aromatic heterocycles. The van der Waals surface area contributed by atoms with Crippen LogP contribution in [0, 0.1) is 20.8 Å². The Kier molecular flexibility index (Phi) is 3.34. The zero-order valence-corrected chi connectivity index (χ0v) is 11.6. The van der Waals surface area contributed by atoms with Crippen molar-refractivity contribution in [1.29, 1.82) is 0 Å². The van der Waals surface area contributed by atoms with Crippen molar-refractivity contribution < 1.29 is 9.53 Å². The fourth-order valence-corrected chi connectivity index (χ4v) is 2.40. The SMILES string of the molecule is COc1c(C)cc(-c2cc(C(N)=O)c(C)[nH]2)cc1C. The number of H-pyrrole nitrogens is 1. The summed E-state index contributed by atoms with van der Waals surface area (Å²) >= 11 is 0. The van der Waals surface area contributed by atoms with Gasteiger partial charge in [-0.1, -0.05) is 0 Å². The van der Waals surface area contributed by atoms with Crippen molar-refractivity contribution in [2.45, 2.75) is 20.8 Å². The van der Waals surface area contributed by atoms with E-state index in [1.165, 1.54) is 0 Å². The number of benzene rings is 1. The maximum atomic E-state index is 11.3. The summed E-state index contributed by atoms with van der Waals surface area (Å²) in [7, 11) is 1.67. The molecule has 0 saturated carbocycles. The van der Waals surface area contributed by atoms with Gasteiger partial charge in [0.05, 0.1) is 12.7 Å². The highest BCUT2D eigenvalue weighted by Gasteiger charge is 2.12. The summed E-state index contributed by atoms with van der Waals surface area (Å²) < 4.78 is 5.35. The molecule has 3 N–H and O–H groups in total. The number of nitrogens with one attached hydrogen (secondary N) is 1. The number of aryl methyl sites for hydroxylation is 3. The molecule has 1 aromatic carbocycles. The molecule has 0 aliphatic carbocycles. The Balaban J connectivity index is 2.54. The number of hydrogen-bond acceptors (Lipinski definition) is 2. The third-order valence-corrected chi connectivity index (χ3v) is 3.26. The molecule has 4 nitrogen and oxygen atoms in total. The monoisotopic (exact) mass is 258 g/mol. The van der Waals surface area contributed by atoms with Crippen molar-refractivity contribution in [3.05, 3.63) is 40.6 Å². The van der Waals surface area contributed by atoms with Crippen LogP contribution in [0.15, 0.2) is 18.2 Å².